The largest absolute Gasteiger partial charge is 0.384 e. The molecule has 0 bridgehead atoms. The minimum absolute atomic E-state index is 0.106. The number of hydrogen-bond donors (Lipinski definition) is 1. The van der Waals surface area contributed by atoms with Crippen molar-refractivity contribution in [3.05, 3.63) is 30.9 Å². The Kier molecular flexibility index (Phi) is 3.84. The van der Waals surface area contributed by atoms with Gasteiger partial charge in [0.25, 0.3) is 0 Å². The average molecular weight is 280 g/mol. The van der Waals surface area contributed by atoms with Crippen LogP contribution in [-0.2, 0) is 16.4 Å². The first-order chi connectivity index (χ1) is 9.02. The van der Waals surface area contributed by atoms with Crippen LogP contribution >= 0.6 is 0 Å². The molecule has 0 fully saturated rings. The fourth-order valence-electron chi connectivity index (χ4n) is 1.68. The van der Waals surface area contributed by atoms with Gasteiger partial charge in [-0.25, -0.2) is 18.4 Å². The highest BCUT2D eigenvalue weighted by molar-refractivity contribution is 7.91. The molecule has 2 N–H and O–H groups in total. The summed E-state index contributed by atoms with van der Waals surface area (Å²) in [6.07, 6.45) is 4.96. The van der Waals surface area contributed by atoms with Crippen LogP contribution in [0.25, 0.3) is 11.3 Å². The van der Waals surface area contributed by atoms with Crippen LogP contribution in [0.2, 0.25) is 0 Å². The van der Waals surface area contributed by atoms with E-state index in [4.69, 9.17) is 5.73 Å². The van der Waals surface area contributed by atoms with Crippen molar-refractivity contribution in [2.75, 3.05) is 17.2 Å². The number of nitrogen functional groups attached to an aromatic ring is 1. The molecule has 19 heavy (non-hydrogen) atoms. The Balaban J connectivity index is 2.21. The van der Waals surface area contributed by atoms with E-state index in [0.29, 0.717) is 12.4 Å². The molecule has 7 heteroatoms. The number of nitrogens with two attached hydrogens (primary N) is 1. The molecule has 0 aliphatic rings. The van der Waals surface area contributed by atoms with E-state index in [1.165, 1.54) is 0 Å². The SMILES string of the molecule is CCS(=O)(=O)CCn1cncc1-c1ccc(N)nc1. The predicted octanol–water partition coefficient (Wildman–Crippen LogP) is 0.962. The second kappa shape index (κ2) is 5.40. The molecular weight excluding hydrogens is 264 g/mol. The van der Waals surface area contributed by atoms with Gasteiger partial charge in [0.15, 0.2) is 9.84 Å². The van der Waals surface area contributed by atoms with Crippen LogP contribution in [0.15, 0.2) is 30.9 Å². The normalized spacial score (nSPS) is 11.6. The van der Waals surface area contributed by atoms with Gasteiger partial charge in [0.05, 0.1) is 24.0 Å². The number of rotatable bonds is 5. The van der Waals surface area contributed by atoms with Crippen LogP contribution in [0.1, 0.15) is 6.92 Å². The molecule has 0 unspecified atom stereocenters. The highest BCUT2D eigenvalue weighted by Gasteiger charge is 2.10. The van der Waals surface area contributed by atoms with Crippen molar-refractivity contribution in [3.63, 3.8) is 0 Å². The van der Waals surface area contributed by atoms with Crippen LogP contribution in [0, 0.1) is 0 Å². The topological polar surface area (TPSA) is 90.9 Å². The third-order valence-corrected chi connectivity index (χ3v) is 4.56. The highest BCUT2D eigenvalue weighted by atomic mass is 32.2. The lowest BCUT2D eigenvalue weighted by Crippen LogP contribution is -2.14. The molecule has 102 valence electrons. The Labute approximate surface area is 112 Å². The maximum atomic E-state index is 11.5. The number of nitrogens with zero attached hydrogens (tertiary/aromatic N) is 3. The van der Waals surface area contributed by atoms with E-state index in [1.807, 2.05) is 6.07 Å². The van der Waals surface area contributed by atoms with Gasteiger partial charge in [-0.15, -0.1) is 0 Å². The Bertz CT molecular complexity index is 647. The van der Waals surface area contributed by atoms with E-state index >= 15 is 0 Å². The lowest BCUT2D eigenvalue weighted by atomic mass is 10.2. The second-order valence-electron chi connectivity index (χ2n) is 4.18. The molecule has 0 spiro atoms. The minimum atomic E-state index is -2.99. The molecule has 2 aromatic rings. The first-order valence-corrected chi connectivity index (χ1v) is 7.76. The monoisotopic (exact) mass is 280 g/mol. The number of pyridine rings is 1. The van der Waals surface area contributed by atoms with Crippen LogP contribution in [0.4, 0.5) is 5.82 Å². The van der Waals surface area contributed by atoms with Gasteiger partial charge in [-0.1, -0.05) is 6.92 Å². The maximum absolute atomic E-state index is 11.5. The van der Waals surface area contributed by atoms with E-state index in [1.54, 1.807) is 36.3 Å². The number of aromatic nitrogens is 3. The van der Waals surface area contributed by atoms with E-state index in [0.717, 1.165) is 11.3 Å². The third kappa shape index (κ3) is 3.31. The van der Waals surface area contributed by atoms with Crippen molar-refractivity contribution in [2.24, 2.45) is 0 Å². The molecule has 0 aliphatic heterocycles. The van der Waals surface area contributed by atoms with Gasteiger partial charge in [-0.2, -0.15) is 0 Å². The molecule has 0 saturated carbocycles. The number of aryl methyl sites for hydroxylation is 1. The third-order valence-electron chi connectivity index (χ3n) is 2.88. The smallest absolute Gasteiger partial charge is 0.151 e. The lowest BCUT2D eigenvalue weighted by molar-refractivity contribution is 0.590. The Morgan fingerprint density at radius 2 is 2.11 bits per heavy atom. The van der Waals surface area contributed by atoms with Crippen LogP contribution in [0.3, 0.4) is 0 Å². The molecule has 0 atom stereocenters. The molecule has 0 aliphatic carbocycles. The summed E-state index contributed by atoms with van der Waals surface area (Å²) in [5, 5.41) is 0. The molecular formula is C12H16N4O2S. The van der Waals surface area contributed by atoms with Crippen LogP contribution < -0.4 is 5.73 Å². The van der Waals surface area contributed by atoms with Gasteiger partial charge in [0, 0.05) is 24.1 Å². The van der Waals surface area contributed by atoms with E-state index < -0.39 is 9.84 Å². The Morgan fingerprint density at radius 3 is 2.74 bits per heavy atom. The van der Waals surface area contributed by atoms with Crippen molar-refractivity contribution < 1.29 is 8.42 Å². The Hall–Kier alpha value is -1.89. The summed E-state index contributed by atoms with van der Waals surface area (Å²) < 4.78 is 24.9. The first-order valence-electron chi connectivity index (χ1n) is 5.94. The molecule has 2 rings (SSSR count). The Morgan fingerprint density at radius 1 is 1.32 bits per heavy atom. The van der Waals surface area contributed by atoms with Gasteiger partial charge in [-0.05, 0) is 12.1 Å². The molecule has 0 amide bonds. The highest BCUT2D eigenvalue weighted by Crippen LogP contribution is 2.18. The second-order valence-corrected chi connectivity index (χ2v) is 6.65. The van der Waals surface area contributed by atoms with Gasteiger partial charge < -0.3 is 10.3 Å². The molecule has 0 saturated heterocycles. The average Bonchev–Trinajstić information content (AvgIpc) is 2.86. The first kappa shape index (κ1) is 13.5. The molecule has 0 radical (unpaired) electrons. The zero-order valence-corrected chi connectivity index (χ0v) is 11.5. The van der Waals surface area contributed by atoms with E-state index in [2.05, 4.69) is 9.97 Å². The van der Waals surface area contributed by atoms with Gasteiger partial charge >= 0.3 is 0 Å². The summed E-state index contributed by atoms with van der Waals surface area (Å²) in [6, 6.07) is 3.54. The quantitative estimate of drug-likeness (QED) is 0.881. The molecule has 0 aromatic carbocycles. The van der Waals surface area contributed by atoms with Crippen molar-refractivity contribution >= 4 is 15.7 Å². The summed E-state index contributed by atoms with van der Waals surface area (Å²) in [5.41, 5.74) is 7.23. The predicted molar refractivity (Wildman–Crippen MR) is 74.2 cm³/mol. The van der Waals surface area contributed by atoms with E-state index in [9.17, 15) is 8.42 Å². The standard InChI is InChI=1S/C12H16N4O2S/c1-2-19(17,18)6-5-16-9-14-8-11(16)10-3-4-12(13)15-7-10/h3-4,7-9H,2,5-6H2,1H3,(H2,13,15). The zero-order valence-electron chi connectivity index (χ0n) is 10.7. The maximum Gasteiger partial charge on any atom is 0.151 e. The summed E-state index contributed by atoms with van der Waals surface area (Å²) in [5.74, 6) is 0.707. The fraction of sp³-hybridized carbons (Fsp3) is 0.333. The van der Waals surface area contributed by atoms with Crippen LogP contribution in [-0.4, -0.2) is 34.5 Å². The van der Waals surface area contributed by atoms with Gasteiger partial charge in [0.2, 0.25) is 0 Å². The summed E-state index contributed by atoms with van der Waals surface area (Å²) in [6.45, 7) is 2.03. The summed E-state index contributed by atoms with van der Waals surface area (Å²) >= 11 is 0. The van der Waals surface area contributed by atoms with Crippen molar-refractivity contribution in [2.45, 2.75) is 13.5 Å². The van der Waals surface area contributed by atoms with Crippen molar-refractivity contribution in [1.82, 2.24) is 14.5 Å². The van der Waals surface area contributed by atoms with Gasteiger partial charge in [0.1, 0.15) is 5.82 Å². The number of anilines is 1. The molecule has 6 nitrogen and oxygen atoms in total. The van der Waals surface area contributed by atoms with E-state index in [-0.39, 0.29) is 11.5 Å². The molecule has 2 aromatic heterocycles. The van der Waals surface area contributed by atoms with Gasteiger partial charge in [-0.3, -0.25) is 0 Å². The molecule has 2 heterocycles. The van der Waals surface area contributed by atoms with Crippen molar-refractivity contribution in [3.8, 4) is 11.3 Å². The number of hydrogen-bond acceptors (Lipinski definition) is 5. The zero-order chi connectivity index (χ0) is 13.9. The number of sulfone groups is 1. The lowest BCUT2D eigenvalue weighted by Gasteiger charge is -2.08. The van der Waals surface area contributed by atoms with Crippen molar-refractivity contribution in [1.29, 1.82) is 0 Å². The van der Waals surface area contributed by atoms with Crippen LogP contribution in [0.5, 0.6) is 0 Å². The minimum Gasteiger partial charge on any atom is -0.384 e. The number of imidazole rings is 1. The fourth-order valence-corrected chi connectivity index (χ4v) is 2.44. The summed E-state index contributed by atoms with van der Waals surface area (Å²) in [7, 11) is -2.99. The summed E-state index contributed by atoms with van der Waals surface area (Å²) in [4.78, 5) is 8.08.